The van der Waals surface area contributed by atoms with Gasteiger partial charge in [-0.05, 0) is 41.8 Å². The number of rotatable bonds is 4. The first-order valence-electron chi connectivity index (χ1n) is 7.52. The normalized spacial score (nSPS) is 13.2. The fraction of sp³-hybridized carbons (Fsp3) is 0.211. The summed E-state index contributed by atoms with van der Waals surface area (Å²) in [6.07, 6.45) is 4.31. The fourth-order valence-corrected chi connectivity index (χ4v) is 2.78. The molecule has 0 aromatic heterocycles. The standard InChI is InChI=1S/C19H19NO3/c1-22-17-9-7-14(13-18(17)23-2)8-10-19(21)20-12-11-15-5-3-4-6-16(15)20/h3-10,13H,11-12H2,1-2H3. The molecule has 0 aliphatic carbocycles. The van der Waals surface area contributed by atoms with Gasteiger partial charge in [0.2, 0.25) is 0 Å². The van der Waals surface area contributed by atoms with Crippen molar-refractivity contribution in [3.63, 3.8) is 0 Å². The average Bonchev–Trinajstić information content (AvgIpc) is 3.03. The van der Waals surface area contributed by atoms with Gasteiger partial charge in [-0.15, -0.1) is 0 Å². The molecule has 0 N–H and O–H groups in total. The number of ether oxygens (including phenoxy) is 2. The van der Waals surface area contributed by atoms with Crippen LogP contribution in [0.1, 0.15) is 11.1 Å². The Balaban J connectivity index is 1.77. The molecule has 4 heteroatoms. The van der Waals surface area contributed by atoms with E-state index in [0.29, 0.717) is 11.5 Å². The maximum Gasteiger partial charge on any atom is 0.251 e. The number of hydrogen-bond acceptors (Lipinski definition) is 3. The van der Waals surface area contributed by atoms with Gasteiger partial charge in [0.15, 0.2) is 11.5 Å². The van der Waals surface area contributed by atoms with Gasteiger partial charge in [0.05, 0.1) is 14.2 Å². The lowest BCUT2D eigenvalue weighted by Gasteiger charge is -2.14. The van der Waals surface area contributed by atoms with Crippen molar-refractivity contribution < 1.29 is 14.3 Å². The number of carbonyl (C=O) groups excluding carboxylic acids is 1. The molecule has 1 heterocycles. The Morgan fingerprint density at radius 3 is 2.65 bits per heavy atom. The smallest absolute Gasteiger partial charge is 0.251 e. The number of benzene rings is 2. The summed E-state index contributed by atoms with van der Waals surface area (Å²) in [6.45, 7) is 0.731. The summed E-state index contributed by atoms with van der Waals surface area (Å²) in [5, 5.41) is 0. The first-order valence-corrected chi connectivity index (χ1v) is 7.52. The lowest BCUT2D eigenvalue weighted by atomic mass is 10.1. The third-order valence-corrected chi connectivity index (χ3v) is 3.98. The number of fused-ring (bicyclic) bond motifs is 1. The van der Waals surface area contributed by atoms with E-state index in [-0.39, 0.29) is 5.91 Å². The molecule has 0 saturated carbocycles. The maximum absolute atomic E-state index is 12.4. The van der Waals surface area contributed by atoms with Crippen LogP contribution in [0, 0.1) is 0 Å². The van der Waals surface area contributed by atoms with Crippen LogP contribution in [0.15, 0.2) is 48.5 Å². The maximum atomic E-state index is 12.4. The van der Waals surface area contributed by atoms with Crippen molar-refractivity contribution in [2.75, 3.05) is 25.7 Å². The number of para-hydroxylation sites is 1. The molecule has 1 amide bonds. The van der Waals surface area contributed by atoms with Gasteiger partial charge in [-0.2, -0.15) is 0 Å². The van der Waals surface area contributed by atoms with Gasteiger partial charge < -0.3 is 14.4 Å². The Morgan fingerprint density at radius 2 is 1.87 bits per heavy atom. The van der Waals surface area contributed by atoms with Crippen molar-refractivity contribution in [3.8, 4) is 11.5 Å². The molecule has 0 radical (unpaired) electrons. The minimum atomic E-state index is -0.00950. The van der Waals surface area contributed by atoms with Crippen LogP contribution < -0.4 is 14.4 Å². The summed E-state index contributed by atoms with van der Waals surface area (Å²) in [6, 6.07) is 13.6. The van der Waals surface area contributed by atoms with Gasteiger partial charge in [0.1, 0.15) is 0 Å². The molecule has 0 fully saturated rings. The molecule has 118 valence electrons. The van der Waals surface area contributed by atoms with Crippen molar-refractivity contribution in [1.29, 1.82) is 0 Å². The van der Waals surface area contributed by atoms with Crippen molar-refractivity contribution in [2.45, 2.75) is 6.42 Å². The van der Waals surface area contributed by atoms with Gasteiger partial charge in [-0.3, -0.25) is 4.79 Å². The number of hydrogen-bond donors (Lipinski definition) is 0. The summed E-state index contributed by atoms with van der Waals surface area (Å²) in [4.78, 5) is 14.3. The predicted octanol–water partition coefficient (Wildman–Crippen LogP) is 3.31. The Kier molecular flexibility index (Phi) is 4.33. The molecular formula is C19H19NO3. The van der Waals surface area contributed by atoms with Gasteiger partial charge in [-0.25, -0.2) is 0 Å². The highest BCUT2D eigenvalue weighted by Crippen LogP contribution is 2.29. The van der Waals surface area contributed by atoms with E-state index in [1.54, 1.807) is 26.4 Å². The van der Waals surface area contributed by atoms with E-state index < -0.39 is 0 Å². The van der Waals surface area contributed by atoms with E-state index in [1.807, 2.05) is 41.3 Å². The number of nitrogens with zero attached hydrogens (tertiary/aromatic N) is 1. The van der Waals surface area contributed by atoms with Crippen LogP contribution in [0.2, 0.25) is 0 Å². The van der Waals surface area contributed by atoms with Gasteiger partial charge in [0, 0.05) is 18.3 Å². The zero-order chi connectivity index (χ0) is 16.2. The van der Waals surface area contributed by atoms with E-state index in [9.17, 15) is 4.79 Å². The molecule has 1 aliphatic rings. The summed E-state index contributed by atoms with van der Waals surface area (Å²) in [5.74, 6) is 1.31. The third-order valence-electron chi connectivity index (χ3n) is 3.98. The van der Waals surface area contributed by atoms with E-state index in [2.05, 4.69) is 6.07 Å². The quantitative estimate of drug-likeness (QED) is 0.813. The van der Waals surface area contributed by atoms with Crippen LogP contribution in [0.3, 0.4) is 0 Å². The second kappa shape index (κ2) is 6.57. The van der Waals surface area contributed by atoms with Crippen molar-refractivity contribution >= 4 is 17.7 Å². The lowest BCUT2D eigenvalue weighted by Crippen LogP contribution is -2.26. The van der Waals surface area contributed by atoms with Crippen LogP contribution in [-0.4, -0.2) is 26.7 Å². The molecule has 1 aliphatic heterocycles. The number of anilines is 1. The second-order valence-corrected chi connectivity index (χ2v) is 5.32. The van der Waals surface area contributed by atoms with Gasteiger partial charge in [-0.1, -0.05) is 24.3 Å². The van der Waals surface area contributed by atoms with Gasteiger partial charge >= 0.3 is 0 Å². The zero-order valence-electron chi connectivity index (χ0n) is 13.3. The minimum Gasteiger partial charge on any atom is -0.493 e. The van der Waals surface area contributed by atoms with Crippen LogP contribution in [0.25, 0.3) is 6.08 Å². The zero-order valence-corrected chi connectivity index (χ0v) is 13.3. The molecule has 0 spiro atoms. The number of methoxy groups -OCH3 is 2. The predicted molar refractivity (Wildman–Crippen MR) is 91.1 cm³/mol. The van der Waals surface area contributed by atoms with Crippen LogP contribution in [0.4, 0.5) is 5.69 Å². The first-order chi connectivity index (χ1) is 11.2. The van der Waals surface area contributed by atoms with E-state index in [4.69, 9.17) is 9.47 Å². The molecular weight excluding hydrogens is 290 g/mol. The highest BCUT2D eigenvalue weighted by Gasteiger charge is 2.22. The molecule has 4 nitrogen and oxygen atoms in total. The summed E-state index contributed by atoms with van der Waals surface area (Å²) in [5.41, 5.74) is 3.12. The van der Waals surface area contributed by atoms with Crippen molar-refractivity contribution in [2.24, 2.45) is 0 Å². The largest absolute Gasteiger partial charge is 0.493 e. The monoisotopic (exact) mass is 309 g/mol. The molecule has 2 aromatic carbocycles. The number of amides is 1. The summed E-state index contributed by atoms with van der Waals surface area (Å²) in [7, 11) is 3.19. The van der Waals surface area contributed by atoms with Crippen LogP contribution >= 0.6 is 0 Å². The highest BCUT2D eigenvalue weighted by molar-refractivity contribution is 6.05. The molecule has 0 saturated heterocycles. The first kappa shape index (κ1) is 15.2. The third kappa shape index (κ3) is 3.06. The van der Waals surface area contributed by atoms with Crippen molar-refractivity contribution in [1.82, 2.24) is 0 Å². The summed E-state index contributed by atoms with van der Waals surface area (Å²) < 4.78 is 10.5. The Morgan fingerprint density at radius 1 is 1.09 bits per heavy atom. The topological polar surface area (TPSA) is 38.8 Å². The second-order valence-electron chi connectivity index (χ2n) is 5.32. The molecule has 23 heavy (non-hydrogen) atoms. The van der Waals surface area contributed by atoms with Gasteiger partial charge in [0.25, 0.3) is 5.91 Å². The SMILES string of the molecule is COc1ccc(C=CC(=O)N2CCc3ccccc32)cc1OC. The Bertz CT molecular complexity index is 752. The molecule has 0 bridgehead atoms. The van der Waals surface area contributed by atoms with E-state index in [0.717, 1.165) is 24.2 Å². The molecule has 0 atom stereocenters. The number of carbonyl (C=O) groups is 1. The lowest BCUT2D eigenvalue weighted by molar-refractivity contribution is -0.114. The van der Waals surface area contributed by atoms with Crippen molar-refractivity contribution in [3.05, 3.63) is 59.7 Å². The molecule has 3 rings (SSSR count). The fourth-order valence-electron chi connectivity index (χ4n) is 2.78. The minimum absolute atomic E-state index is 0.00950. The average molecular weight is 309 g/mol. The van der Waals surface area contributed by atoms with E-state index in [1.165, 1.54) is 5.56 Å². The van der Waals surface area contributed by atoms with Crippen LogP contribution in [-0.2, 0) is 11.2 Å². The van der Waals surface area contributed by atoms with E-state index >= 15 is 0 Å². The Hall–Kier alpha value is -2.75. The molecule has 2 aromatic rings. The molecule has 0 unspecified atom stereocenters. The highest BCUT2D eigenvalue weighted by atomic mass is 16.5. The summed E-state index contributed by atoms with van der Waals surface area (Å²) >= 11 is 0. The van der Waals surface area contributed by atoms with Crippen LogP contribution in [0.5, 0.6) is 11.5 Å². The Labute approximate surface area is 135 Å².